The highest BCUT2D eigenvalue weighted by Crippen LogP contribution is 2.30. The lowest BCUT2D eigenvalue weighted by Gasteiger charge is -2.31. The summed E-state index contributed by atoms with van der Waals surface area (Å²) in [4.78, 5) is 27.1. The number of carbonyl (C=O) groups is 2. The Bertz CT molecular complexity index is 909. The second-order valence-electron chi connectivity index (χ2n) is 7.79. The van der Waals surface area contributed by atoms with Crippen LogP contribution in [0.15, 0.2) is 42.5 Å². The van der Waals surface area contributed by atoms with Crippen LogP contribution in [0.2, 0.25) is 0 Å². The second-order valence-corrected chi connectivity index (χ2v) is 7.79. The largest absolute Gasteiger partial charge is 0.416 e. The first-order chi connectivity index (χ1) is 14.7. The fraction of sp³-hybridized carbons (Fsp3) is 0.417. The molecule has 7 heteroatoms. The molecule has 2 aromatic rings. The van der Waals surface area contributed by atoms with Crippen molar-refractivity contribution in [2.45, 2.75) is 45.7 Å². The van der Waals surface area contributed by atoms with Gasteiger partial charge in [0.25, 0.3) is 5.91 Å². The number of nitrogens with one attached hydrogen (secondary N) is 1. The van der Waals surface area contributed by atoms with Gasteiger partial charge >= 0.3 is 6.18 Å². The number of rotatable bonds is 5. The molecule has 3 rings (SSSR count). The SMILES string of the molecule is CCc1cccc(CC)c1NC(=O)C1CCN(C(=O)c2ccc(C(F)(F)F)cc2)CC1. The first-order valence-electron chi connectivity index (χ1n) is 10.6. The van der Waals surface area contributed by atoms with Crippen LogP contribution in [0.3, 0.4) is 0 Å². The van der Waals surface area contributed by atoms with Crippen LogP contribution in [0.5, 0.6) is 0 Å². The van der Waals surface area contributed by atoms with Gasteiger partial charge in [0.15, 0.2) is 0 Å². The number of para-hydroxylation sites is 1. The van der Waals surface area contributed by atoms with Gasteiger partial charge in [-0.25, -0.2) is 0 Å². The van der Waals surface area contributed by atoms with E-state index in [1.807, 2.05) is 18.2 Å². The van der Waals surface area contributed by atoms with Crippen LogP contribution < -0.4 is 5.32 Å². The average molecular weight is 432 g/mol. The van der Waals surface area contributed by atoms with E-state index in [-0.39, 0.29) is 23.3 Å². The summed E-state index contributed by atoms with van der Waals surface area (Å²) in [6.07, 6.45) is -1.74. The topological polar surface area (TPSA) is 49.4 Å². The number of alkyl halides is 3. The van der Waals surface area contributed by atoms with Gasteiger partial charge < -0.3 is 10.2 Å². The fourth-order valence-electron chi connectivity index (χ4n) is 3.96. The Morgan fingerprint density at radius 2 is 1.52 bits per heavy atom. The Morgan fingerprint density at radius 3 is 2.00 bits per heavy atom. The molecule has 1 aliphatic rings. The van der Waals surface area contributed by atoms with Crippen molar-refractivity contribution in [1.29, 1.82) is 0 Å². The highest BCUT2D eigenvalue weighted by atomic mass is 19.4. The number of hydrogen-bond donors (Lipinski definition) is 1. The molecule has 31 heavy (non-hydrogen) atoms. The molecule has 1 fully saturated rings. The Hall–Kier alpha value is -2.83. The lowest BCUT2D eigenvalue weighted by atomic mass is 9.94. The third-order valence-corrected chi connectivity index (χ3v) is 5.86. The average Bonchev–Trinajstić information content (AvgIpc) is 2.78. The van der Waals surface area contributed by atoms with Crippen molar-refractivity contribution in [2.24, 2.45) is 5.92 Å². The number of benzene rings is 2. The maximum Gasteiger partial charge on any atom is 0.416 e. The molecule has 0 spiro atoms. The Labute approximate surface area is 180 Å². The van der Waals surface area contributed by atoms with Gasteiger partial charge in [-0.3, -0.25) is 9.59 Å². The highest BCUT2D eigenvalue weighted by Gasteiger charge is 2.31. The maximum absolute atomic E-state index is 12.9. The molecule has 166 valence electrons. The Morgan fingerprint density at radius 1 is 0.968 bits per heavy atom. The van der Waals surface area contributed by atoms with E-state index in [1.54, 1.807) is 4.90 Å². The van der Waals surface area contributed by atoms with Gasteiger partial charge in [-0.2, -0.15) is 13.2 Å². The van der Waals surface area contributed by atoms with Crippen LogP contribution in [-0.2, 0) is 23.8 Å². The summed E-state index contributed by atoms with van der Waals surface area (Å²) >= 11 is 0. The highest BCUT2D eigenvalue weighted by molar-refractivity contribution is 5.96. The van der Waals surface area contributed by atoms with Crippen LogP contribution in [0.25, 0.3) is 0 Å². The lowest BCUT2D eigenvalue weighted by molar-refractivity contribution is -0.137. The molecular formula is C24H27F3N2O2. The first kappa shape index (κ1) is 22.8. The van der Waals surface area contributed by atoms with Gasteiger partial charge in [-0.05, 0) is 61.1 Å². The van der Waals surface area contributed by atoms with Crippen molar-refractivity contribution in [3.8, 4) is 0 Å². The van der Waals surface area contributed by atoms with Crippen molar-refractivity contribution in [3.63, 3.8) is 0 Å². The van der Waals surface area contributed by atoms with Crippen molar-refractivity contribution in [3.05, 3.63) is 64.7 Å². The summed E-state index contributed by atoms with van der Waals surface area (Å²) in [6.45, 7) is 4.90. The van der Waals surface area contributed by atoms with Crippen LogP contribution >= 0.6 is 0 Å². The number of hydrogen-bond acceptors (Lipinski definition) is 2. The minimum absolute atomic E-state index is 0.0442. The number of anilines is 1. The molecule has 0 saturated carbocycles. The molecule has 1 heterocycles. The van der Waals surface area contributed by atoms with Crippen LogP contribution in [0, 0.1) is 5.92 Å². The predicted octanol–water partition coefficient (Wildman–Crippen LogP) is 5.32. The van der Waals surface area contributed by atoms with E-state index in [4.69, 9.17) is 0 Å². The van der Waals surface area contributed by atoms with Gasteiger partial charge in [0.05, 0.1) is 5.56 Å². The quantitative estimate of drug-likeness (QED) is 0.695. The zero-order valence-corrected chi connectivity index (χ0v) is 17.8. The second kappa shape index (κ2) is 9.54. The van der Waals surface area contributed by atoms with Gasteiger partial charge in [0.1, 0.15) is 0 Å². The zero-order valence-electron chi connectivity index (χ0n) is 17.8. The van der Waals surface area contributed by atoms with E-state index in [2.05, 4.69) is 19.2 Å². The molecule has 0 radical (unpaired) electrons. The van der Waals surface area contributed by atoms with E-state index >= 15 is 0 Å². The first-order valence-corrected chi connectivity index (χ1v) is 10.6. The van der Waals surface area contributed by atoms with E-state index < -0.39 is 11.7 Å². The number of piperidine rings is 1. The summed E-state index contributed by atoms with van der Waals surface area (Å²) in [6, 6.07) is 10.3. The number of likely N-dealkylation sites (tertiary alicyclic amines) is 1. The van der Waals surface area contributed by atoms with Gasteiger partial charge in [0.2, 0.25) is 5.91 Å². The van der Waals surface area contributed by atoms with Gasteiger partial charge in [0, 0.05) is 30.3 Å². The molecule has 0 unspecified atom stereocenters. The normalized spacial score (nSPS) is 15.1. The van der Waals surface area contributed by atoms with Crippen molar-refractivity contribution >= 4 is 17.5 Å². The van der Waals surface area contributed by atoms with Gasteiger partial charge in [-0.15, -0.1) is 0 Å². The molecule has 1 aliphatic heterocycles. The number of amides is 2. The number of carbonyl (C=O) groups excluding carboxylic acids is 2. The van der Waals surface area contributed by atoms with E-state index in [0.29, 0.717) is 25.9 Å². The van der Waals surface area contributed by atoms with E-state index in [9.17, 15) is 22.8 Å². The minimum Gasteiger partial charge on any atom is -0.339 e. The Kier molecular flexibility index (Phi) is 7.03. The number of halogens is 3. The van der Waals surface area contributed by atoms with Crippen molar-refractivity contribution in [1.82, 2.24) is 4.90 Å². The van der Waals surface area contributed by atoms with Crippen LogP contribution in [-0.4, -0.2) is 29.8 Å². The summed E-state index contributed by atoms with van der Waals surface area (Å²) in [5, 5.41) is 3.10. The summed E-state index contributed by atoms with van der Waals surface area (Å²) in [5.41, 5.74) is 2.53. The molecule has 1 saturated heterocycles. The van der Waals surface area contributed by atoms with Crippen molar-refractivity contribution < 1.29 is 22.8 Å². The molecule has 4 nitrogen and oxygen atoms in total. The summed E-state index contributed by atoms with van der Waals surface area (Å²) in [7, 11) is 0. The molecular weight excluding hydrogens is 405 g/mol. The Balaban J connectivity index is 1.61. The van der Waals surface area contributed by atoms with Gasteiger partial charge in [-0.1, -0.05) is 32.0 Å². The van der Waals surface area contributed by atoms with Crippen LogP contribution in [0.1, 0.15) is 53.7 Å². The molecule has 1 N–H and O–H groups in total. The maximum atomic E-state index is 12.9. The number of nitrogens with zero attached hydrogens (tertiary/aromatic N) is 1. The third-order valence-electron chi connectivity index (χ3n) is 5.86. The molecule has 0 aliphatic carbocycles. The smallest absolute Gasteiger partial charge is 0.339 e. The molecule has 2 amide bonds. The molecule has 0 atom stereocenters. The van der Waals surface area contributed by atoms with E-state index in [1.165, 1.54) is 12.1 Å². The van der Waals surface area contributed by atoms with Crippen LogP contribution in [0.4, 0.5) is 18.9 Å². The standard InChI is InChI=1S/C24H27F3N2O2/c1-3-16-6-5-7-17(4-2)21(16)28-22(30)18-12-14-29(15-13-18)23(31)19-8-10-20(11-9-19)24(25,26)27/h5-11,18H,3-4,12-15H2,1-2H3,(H,28,30). The van der Waals surface area contributed by atoms with E-state index in [0.717, 1.165) is 41.8 Å². The van der Waals surface area contributed by atoms with Crippen molar-refractivity contribution in [2.75, 3.05) is 18.4 Å². The molecule has 0 aromatic heterocycles. The minimum atomic E-state index is -4.43. The molecule has 0 bridgehead atoms. The lowest BCUT2D eigenvalue weighted by Crippen LogP contribution is -2.41. The number of aryl methyl sites for hydroxylation is 2. The predicted molar refractivity (Wildman–Crippen MR) is 114 cm³/mol. The summed E-state index contributed by atoms with van der Waals surface area (Å²) in [5.74, 6) is -0.555. The molecule has 2 aromatic carbocycles. The zero-order chi connectivity index (χ0) is 22.6. The summed E-state index contributed by atoms with van der Waals surface area (Å²) < 4.78 is 38.1. The monoisotopic (exact) mass is 432 g/mol. The fourth-order valence-corrected chi connectivity index (χ4v) is 3.96. The third kappa shape index (κ3) is 5.27.